The van der Waals surface area contributed by atoms with Gasteiger partial charge in [0.2, 0.25) is 0 Å². The molecular formula is C29H25FN4O. The molecule has 0 saturated heterocycles. The maximum Gasteiger partial charge on any atom is 0.127 e. The third kappa shape index (κ3) is 5.22. The normalized spacial score (nSPS) is 10.8. The summed E-state index contributed by atoms with van der Waals surface area (Å²) in [4.78, 5) is 8.92. The number of anilines is 2. The molecule has 2 aromatic heterocycles. The number of rotatable bonds is 8. The van der Waals surface area contributed by atoms with Crippen LogP contribution in [0.25, 0.3) is 22.0 Å². The second kappa shape index (κ2) is 10.2. The Bertz CT molecular complexity index is 1440. The summed E-state index contributed by atoms with van der Waals surface area (Å²) in [6, 6.07) is 27.1. The topological polar surface area (TPSA) is 59.1 Å². The van der Waals surface area contributed by atoms with Crippen molar-refractivity contribution >= 4 is 22.4 Å². The van der Waals surface area contributed by atoms with Gasteiger partial charge in [-0.3, -0.25) is 4.98 Å². The maximum atomic E-state index is 13.6. The van der Waals surface area contributed by atoms with E-state index in [2.05, 4.69) is 39.9 Å². The second-order valence-electron chi connectivity index (χ2n) is 8.17. The van der Waals surface area contributed by atoms with Gasteiger partial charge in [-0.15, -0.1) is 0 Å². The van der Waals surface area contributed by atoms with Crippen LogP contribution in [0.2, 0.25) is 0 Å². The van der Waals surface area contributed by atoms with Crippen LogP contribution in [0.4, 0.5) is 15.9 Å². The Hall–Kier alpha value is -4.45. The van der Waals surface area contributed by atoms with E-state index in [1.54, 1.807) is 25.6 Å². The average molecular weight is 465 g/mol. The minimum Gasteiger partial charge on any atom is -0.496 e. The zero-order chi connectivity index (χ0) is 24.0. The first-order chi connectivity index (χ1) is 17.2. The molecule has 5 aromatic rings. The first-order valence-corrected chi connectivity index (χ1v) is 11.4. The molecule has 0 bridgehead atoms. The number of hydrogen-bond acceptors (Lipinski definition) is 5. The number of benzene rings is 3. The fourth-order valence-corrected chi connectivity index (χ4v) is 4.04. The van der Waals surface area contributed by atoms with Crippen molar-refractivity contribution in [3.63, 3.8) is 0 Å². The van der Waals surface area contributed by atoms with E-state index in [4.69, 9.17) is 9.72 Å². The number of fused-ring (bicyclic) bond motifs is 1. The van der Waals surface area contributed by atoms with Crippen molar-refractivity contribution in [2.24, 2.45) is 0 Å². The summed E-state index contributed by atoms with van der Waals surface area (Å²) in [7, 11) is 1.54. The molecule has 5 nitrogen and oxygen atoms in total. The van der Waals surface area contributed by atoms with Crippen LogP contribution in [0.5, 0.6) is 5.75 Å². The van der Waals surface area contributed by atoms with Gasteiger partial charge >= 0.3 is 0 Å². The van der Waals surface area contributed by atoms with Crippen molar-refractivity contribution in [3.8, 4) is 16.9 Å². The van der Waals surface area contributed by atoms with Crippen LogP contribution in [0.3, 0.4) is 0 Å². The van der Waals surface area contributed by atoms with Crippen LogP contribution in [-0.4, -0.2) is 17.1 Å². The monoisotopic (exact) mass is 464 g/mol. The third-order valence-corrected chi connectivity index (χ3v) is 5.85. The summed E-state index contributed by atoms with van der Waals surface area (Å²) in [6.07, 6.45) is 3.59. The minimum absolute atomic E-state index is 0.325. The van der Waals surface area contributed by atoms with Gasteiger partial charge in [-0.2, -0.15) is 0 Å². The molecule has 5 rings (SSSR count). The van der Waals surface area contributed by atoms with E-state index < -0.39 is 0 Å². The van der Waals surface area contributed by atoms with Crippen LogP contribution >= 0.6 is 0 Å². The molecule has 174 valence electrons. The summed E-state index contributed by atoms with van der Waals surface area (Å²) in [5.41, 5.74) is 6.11. The van der Waals surface area contributed by atoms with Gasteiger partial charge in [0.1, 0.15) is 17.4 Å². The number of halogens is 1. The van der Waals surface area contributed by atoms with Crippen LogP contribution in [0, 0.1) is 5.82 Å². The molecule has 0 fully saturated rings. The molecule has 0 aliphatic rings. The SMILES string of the molecule is COc1cc(F)ccc1CNc1cc(-c2ccccc2)c2cc(NCc3ccncc3)ccc2n1. The van der Waals surface area contributed by atoms with Crippen LogP contribution in [0.1, 0.15) is 11.1 Å². The summed E-state index contributed by atoms with van der Waals surface area (Å²) in [5, 5.41) is 7.93. The Morgan fingerprint density at radius 2 is 1.66 bits per heavy atom. The van der Waals surface area contributed by atoms with E-state index in [0.29, 0.717) is 18.8 Å². The number of nitrogens with zero attached hydrogens (tertiary/aromatic N) is 2. The Morgan fingerprint density at radius 1 is 0.829 bits per heavy atom. The highest BCUT2D eigenvalue weighted by Crippen LogP contribution is 2.32. The molecule has 0 aliphatic carbocycles. The molecule has 6 heteroatoms. The van der Waals surface area contributed by atoms with Gasteiger partial charge in [0.15, 0.2) is 0 Å². The molecule has 0 amide bonds. The lowest BCUT2D eigenvalue weighted by atomic mass is 10.0. The van der Waals surface area contributed by atoms with E-state index in [-0.39, 0.29) is 5.82 Å². The zero-order valence-electron chi connectivity index (χ0n) is 19.3. The second-order valence-corrected chi connectivity index (χ2v) is 8.17. The molecule has 2 N–H and O–H groups in total. The Balaban J connectivity index is 1.47. The number of ether oxygens (including phenoxy) is 1. The lowest BCUT2D eigenvalue weighted by molar-refractivity contribution is 0.406. The highest BCUT2D eigenvalue weighted by molar-refractivity contribution is 5.97. The molecular weight excluding hydrogens is 439 g/mol. The average Bonchev–Trinajstić information content (AvgIpc) is 2.91. The summed E-state index contributed by atoms with van der Waals surface area (Å²) in [5.74, 6) is 0.917. The first-order valence-electron chi connectivity index (χ1n) is 11.4. The number of hydrogen-bond donors (Lipinski definition) is 2. The van der Waals surface area contributed by atoms with Crippen molar-refractivity contribution in [1.29, 1.82) is 0 Å². The molecule has 0 saturated carbocycles. The smallest absolute Gasteiger partial charge is 0.127 e. The van der Waals surface area contributed by atoms with Crippen LogP contribution < -0.4 is 15.4 Å². The highest BCUT2D eigenvalue weighted by Gasteiger charge is 2.11. The highest BCUT2D eigenvalue weighted by atomic mass is 19.1. The standard InChI is InChI=1S/C29H25FN4O/c1-35-28-15-23(30)8-7-22(28)19-33-29-17-25(21-5-3-2-4-6-21)26-16-24(9-10-27(26)34-29)32-18-20-11-13-31-14-12-20/h2-17,32H,18-19H2,1H3,(H,33,34). The van der Waals surface area contributed by atoms with Gasteiger partial charge in [-0.05, 0) is 59.2 Å². The van der Waals surface area contributed by atoms with E-state index >= 15 is 0 Å². The van der Waals surface area contributed by atoms with E-state index in [0.717, 1.165) is 44.7 Å². The summed E-state index contributed by atoms with van der Waals surface area (Å²) >= 11 is 0. The van der Waals surface area contributed by atoms with Crippen molar-refractivity contribution in [2.45, 2.75) is 13.1 Å². The van der Waals surface area contributed by atoms with E-state index in [1.165, 1.54) is 12.1 Å². The third-order valence-electron chi connectivity index (χ3n) is 5.85. The predicted octanol–water partition coefficient (Wildman–Crippen LogP) is 6.67. The largest absolute Gasteiger partial charge is 0.496 e. The molecule has 0 atom stereocenters. The molecule has 0 radical (unpaired) electrons. The molecule has 3 aromatic carbocycles. The molecule has 0 aliphatic heterocycles. The molecule has 0 unspecified atom stereocenters. The van der Waals surface area contributed by atoms with Gasteiger partial charge in [0.25, 0.3) is 0 Å². The Labute approximate surface area is 203 Å². The Morgan fingerprint density at radius 3 is 2.46 bits per heavy atom. The van der Waals surface area contributed by atoms with Gasteiger partial charge in [-0.1, -0.05) is 36.4 Å². The number of pyridine rings is 2. The van der Waals surface area contributed by atoms with Crippen molar-refractivity contribution in [2.75, 3.05) is 17.7 Å². The fourth-order valence-electron chi connectivity index (χ4n) is 4.04. The van der Waals surface area contributed by atoms with E-state index in [9.17, 15) is 4.39 Å². The number of nitrogens with one attached hydrogen (secondary N) is 2. The number of aromatic nitrogens is 2. The first kappa shape index (κ1) is 22.3. The van der Waals surface area contributed by atoms with Gasteiger partial charge in [0, 0.05) is 48.2 Å². The summed E-state index contributed by atoms with van der Waals surface area (Å²) in [6.45, 7) is 1.17. The van der Waals surface area contributed by atoms with Gasteiger partial charge in [-0.25, -0.2) is 9.37 Å². The zero-order valence-corrected chi connectivity index (χ0v) is 19.3. The van der Waals surface area contributed by atoms with E-state index in [1.807, 2.05) is 42.5 Å². The number of methoxy groups -OCH3 is 1. The predicted molar refractivity (Wildman–Crippen MR) is 139 cm³/mol. The maximum absolute atomic E-state index is 13.6. The fraction of sp³-hybridized carbons (Fsp3) is 0.103. The molecule has 0 spiro atoms. The summed E-state index contributed by atoms with van der Waals surface area (Å²) < 4.78 is 18.9. The Kier molecular flexibility index (Phi) is 6.52. The quantitative estimate of drug-likeness (QED) is 0.269. The minimum atomic E-state index is -0.325. The van der Waals surface area contributed by atoms with Crippen LogP contribution in [0.15, 0.2) is 97.3 Å². The van der Waals surface area contributed by atoms with Crippen LogP contribution in [-0.2, 0) is 13.1 Å². The molecule has 2 heterocycles. The lowest BCUT2D eigenvalue weighted by Gasteiger charge is -2.15. The van der Waals surface area contributed by atoms with Gasteiger partial charge in [0.05, 0.1) is 12.6 Å². The van der Waals surface area contributed by atoms with Gasteiger partial charge < -0.3 is 15.4 Å². The molecule has 35 heavy (non-hydrogen) atoms. The van der Waals surface area contributed by atoms with Crippen molar-refractivity contribution < 1.29 is 9.13 Å². The van der Waals surface area contributed by atoms with Crippen molar-refractivity contribution in [3.05, 3.63) is 114 Å². The lowest BCUT2D eigenvalue weighted by Crippen LogP contribution is -2.04. The van der Waals surface area contributed by atoms with Crippen molar-refractivity contribution in [1.82, 2.24) is 9.97 Å².